The predicted octanol–water partition coefficient (Wildman–Crippen LogP) is 3.89. The van der Waals surface area contributed by atoms with Gasteiger partial charge in [-0.15, -0.1) is 0 Å². The van der Waals surface area contributed by atoms with E-state index in [0.717, 1.165) is 49.5 Å². The van der Waals surface area contributed by atoms with Crippen LogP contribution in [0.4, 0.5) is 0 Å². The van der Waals surface area contributed by atoms with Crippen molar-refractivity contribution in [3.05, 3.63) is 84.2 Å². The first-order chi connectivity index (χ1) is 15.1. The van der Waals surface area contributed by atoms with E-state index in [0.29, 0.717) is 0 Å². The summed E-state index contributed by atoms with van der Waals surface area (Å²) in [6.07, 6.45) is 4.43. The number of rotatable bonds is 6. The number of carbonyl (C=O) groups excluding carboxylic acids is 1. The molecule has 31 heavy (non-hydrogen) atoms. The lowest BCUT2D eigenvalue weighted by atomic mass is 9.94. The van der Waals surface area contributed by atoms with E-state index in [9.17, 15) is 4.79 Å². The normalized spacial score (nSPS) is 17.4. The highest BCUT2D eigenvalue weighted by Gasteiger charge is 2.28. The van der Waals surface area contributed by atoms with Crippen molar-refractivity contribution in [2.45, 2.75) is 13.0 Å². The number of pyridine rings is 1. The summed E-state index contributed by atoms with van der Waals surface area (Å²) in [5.74, 6) is 1.000. The molecule has 1 atom stereocenters. The third-order valence-corrected chi connectivity index (χ3v) is 5.90. The standard InChI is InChI=1S/C26H29N3O2/c1-28-12-13-29(18-21-7-5-11-27-17-21)19-24(26(28)30)15-20-6-3-8-22(14-20)23-9-4-10-25(16-23)31-2/h3-11,14,16-17,24H,12-13,15,18-19H2,1-2H3/t24-/m1/s1. The first kappa shape index (κ1) is 21.1. The van der Waals surface area contributed by atoms with Crippen LogP contribution in [0.15, 0.2) is 73.1 Å². The van der Waals surface area contributed by atoms with Gasteiger partial charge in [-0.1, -0.05) is 42.5 Å². The SMILES string of the molecule is COc1cccc(-c2cccc(C[C@@H]3CN(Cc4cccnc4)CCN(C)C3=O)c2)c1. The van der Waals surface area contributed by atoms with Crippen molar-refractivity contribution in [1.82, 2.24) is 14.8 Å². The highest BCUT2D eigenvalue weighted by molar-refractivity contribution is 5.79. The minimum atomic E-state index is -0.0651. The fraction of sp³-hybridized carbons (Fsp3) is 0.308. The van der Waals surface area contributed by atoms with E-state index in [1.807, 2.05) is 42.4 Å². The third kappa shape index (κ3) is 5.30. The molecule has 2 heterocycles. The maximum atomic E-state index is 13.1. The Morgan fingerprint density at radius 3 is 2.55 bits per heavy atom. The monoisotopic (exact) mass is 415 g/mol. The minimum Gasteiger partial charge on any atom is -0.497 e. The van der Waals surface area contributed by atoms with E-state index in [4.69, 9.17) is 4.74 Å². The van der Waals surface area contributed by atoms with E-state index < -0.39 is 0 Å². The lowest BCUT2D eigenvalue weighted by Crippen LogP contribution is -2.34. The number of methoxy groups -OCH3 is 1. The maximum Gasteiger partial charge on any atom is 0.227 e. The summed E-state index contributed by atoms with van der Waals surface area (Å²) >= 11 is 0. The van der Waals surface area contributed by atoms with Gasteiger partial charge < -0.3 is 9.64 Å². The zero-order chi connectivity index (χ0) is 21.6. The van der Waals surface area contributed by atoms with Crippen molar-refractivity contribution in [2.75, 3.05) is 33.8 Å². The second kappa shape index (κ2) is 9.75. The average Bonchev–Trinajstić information content (AvgIpc) is 2.94. The molecule has 0 spiro atoms. The van der Waals surface area contributed by atoms with Crippen LogP contribution in [-0.4, -0.2) is 54.5 Å². The molecule has 1 aliphatic rings. The zero-order valence-corrected chi connectivity index (χ0v) is 18.2. The van der Waals surface area contributed by atoms with Gasteiger partial charge in [0.15, 0.2) is 0 Å². The first-order valence-corrected chi connectivity index (χ1v) is 10.7. The summed E-state index contributed by atoms with van der Waals surface area (Å²) in [4.78, 5) is 21.5. The first-order valence-electron chi connectivity index (χ1n) is 10.7. The lowest BCUT2D eigenvalue weighted by Gasteiger charge is -2.23. The number of ether oxygens (including phenoxy) is 1. The van der Waals surface area contributed by atoms with Crippen molar-refractivity contribution >= 4 is 5.91 Å². The molecule has 4 rings (SSSR count). The number of benzene rings is 2. The average molecular weight is 416 g/mol. The molecule has 2 aromatic carbocycles. The van der Waals surface area contributed by atoms with Crippen LogP contribution in [0.1, 0.15) is 11.1 Å². The molecule has 1 aromatic heterocycles. The van der Waals surface area contributed by atoms with Crippen molar-refractivity contribution in [1.29, 1.82) is 0 Å². The largest absolute Gasteiger partial charge is 0.497 e. The van der Waals surface area contributed by atoms with E-state index in [2.05, 4.69) is 46.3 Å². The maximum absolute atomic E-state index is 13.1. The molecular formula is C26H29N3O2. The molecule has 0 saturated carbocycles. The van der Waals surface area contributed by atoms with Crippen molar-refractivity contribution in [3.8, 4) is 16.9 Å². The Labute approximate surface area is 184 Å². The second-order valence-corrected chi connectivity index (χ2v) is 8.19. The molecule has 1 saturated heterocycles. The summed E-state index contributed by atoms with van der Waals surface area (Å²) in [6, 6.07) is 20.6. The van der Waals surface area contributed by atoms with Crippen LogP contribution in [0.25, 0.3) is 11.1 Å². The van der Waals surface area contributed by atoms with Crippen molar-refractivity contribution < 1.29 is 9.53 Å². The number of nitrogens with zero attached hydrogens (tertiary/aromatic N) is 3. The van der Waals surface area contributed by atoms with Gasteiger partial charge in [0.05, 0.1) is 13.0 Å². The topological polar surface area (TPSA) is 45.7 Å². The number of amides is 1. The Kier molecular flexibility index (Phi) is 6.63. The summed E-state index contributed by atoms with van der Waals surface area (Å²) in [5.41, 5.74) is 4.61. The van der Waals surface area contributed by atoms with Crippen LogP contribution in [0.5, 0.6) is 5.75 Å². The molecule has 0 unspecified atom stereocenters. The summed E-state index contributed by atoms with van der Waals surface area (Å²) in [5, 5.41) is 0. The third-order valence-electron chi connectivity index (χ3n) is 5.90. The smallest absolute Gasteiger partial charge is 0.227 e. The molecule has 160 valence electrons. The van der Waals surface area contributed by atoms with Crippen LogP contribution in [0, 0.1) is 5.92 Å². The summed E-state index contributed by atoms with van der Waals surface area (Å²) in [6.45, 7) is 3.19. The van der Waals surface area contributed by atoms with Crippen LogP contribution in [0.2, 0.25) is 0 Å². The number of aromatic nitrogens is 1. The van der Waals surface area contributed by atoms with Gasteiger partial charge >= 0.3 is 0 Å². The molecule has 5 nitrogen and oxygen atoms in total. The molecule has 0 aliphatic carbocycles. The van der Waals surface area contributed by atoms with Gasteiger partial charge in [0, 0.05) is 45.6 Å². The Balaban J connectivity index is 1.52. The van der Waals surface area contributed by atoms with Gasteiger partial charge in [0.25, 0.3) is 0 Å². The molecule has 3 aromatic rings. The molecule has 1 amide bonds. The highest BCUT2D eigenvalue weighted by atomic mass is 16.5. The van der Waals surface area contributed by atoms with Gasteiger partial charge in [-0.05, 0) is 46.9 Å². The lowest BCUT2D eigenvalue weighted by molar-refractivity contribution is -0.133. The van der Waals surface area contributed by atoms with Gasteiger partial charge in [0.1, 0.15) is 5.75 Å². The van der Waals surface area contributed by atoms with Gasteiger partial charge in [0.2, 0.25) is 5.91 Å². The van der Waals surface area contributed by atoms with Crippen LogP contribution < -0.4 is 4.74 Å². The van der Waals surface area contributed by atoms with Crippen molar-refractivity contribution in [2.24, 2.45) is 5.92 Å². The van der Waals surface area contributed by atoms with Crippen LogP contribution in [0.3, 0.4) is 0 Å². The fourth-order valence-corrected chi connectivity index (χ4v) is 4.20. The predicted molar refractivity (Wildman–Crippen MR) is 123 cm³/mol. The summed E-state index contributed by atoms with van der Waals surface area (Å²) in [7, 11) is 3.59. The minimum absolute atomic E-state index is 0.0651. The molecule has 1 fully saturated rings. The van der Waals surface area contributed by atoms with E-state index >= 15 is 0 Å². The molecule has 0 bridgehead atoms. The highest BCUT2D eigenvalue weighted by Crippen LogP contribution is 2.26. The van der Waals surface area contributed by atoms with Gasteiger partial charge in [-0.2, -0.15) is 0 Å². The van der Waals surface area contributed by atoms with Crippen molar-refractivity contribution in [3.63, 3.8) is 0 Å². The molecule has 1 aliphatic heterocycles. The van der Waals surface area contributed by atoms with Gasteiger partial charge in [-0.25, -0.2) is 0 Å². The molecule has 5 heteroatoms. The Bertz CT molecular complexity index is 1020. The number of likely N-dealkylation sites (N-methyl/N-ethyl adjacent to an activating group) is 1. The van der Waals surface area contributed by atoms with E-state index in [1.54, 1.807) is 13.3 Å². The van der Waals surface area contributed by atoms with E-state index in [1.165, 1.54) is 11.1 Å². The van der Waals surface area contributed by atoms with E-state index in [-0.39, 0.29) is 11.8 Å². The quantitative estimate of drug-likeness (QED) is 0.613. The Hall–Kier alpha value is -3.18. The number of hydrogen-bond acceptors (Lipinski definition) is 4. The molecule has 0 radical (unpaired) electrons. The van der Waals surface area contributed by atoms with Crippen LogP contribution >= 0.6 is 0 Å². The zero-order valence-electron chi connectivity index (χ0n) is 18.2. The fourth-order valence-electron chi connectivity index (χ4n) is 4.20. The Morgan fingerprint density at radius 1 is 1.00 bits per heavy atom. The molecular weight excluding hydrogens is 386 g/mol. The van der Waals surface area contributed by atoms with Crippen LogP contribution in [-0.2, 0) is 17.8 Å². The Morgan fingerprint density at radius 2 is 1.77 bits per heavy atom. The second-order valence-electron chi connectivity index (χ2n) is 8.19. The molecule has 0 N–H and O–H groups in total. The summed E-state index contributed by atoms with van der Waals surface area (Å²) < 4.78 is 5.37. The number of carbonyl (C=O) groups is 1. The van der Waals surface area contributed by atoms with Gasteiger partial charge in [-0.3, -0.25) is 14.7 Å². The number of hydrogen-bond donors (Lipinski definition) is 0.